The Balaban J connectivity index is 2.17. The zero-order valence-electron chi connectivity index (χ0n) is 12.8. The van der Waals surface area contributed by atoms with E-state index in [1.165, 1.54) is 18.2 Å². The van der Waals surface area contributed by atoms with Gasteiger partial charge in [0.05, 0.1) is 15.6 Å². The van der Waals surface area contributed by atoms with Gasteiger partial charge < -0.3 is 5.73 Å². The van der Waals surface area contributed by atoms with E-state index in [0.717, 1.165) is 12.8 Å². The first kappa shape index (κ1) is 16.6. The molecule has 0 spiro atoms. The fraction of sp³-hybridized carbons (Fsp3) is 0.600. The van der Waals surface area contributed by atoms with Gasteiger partial charge >= 0.3 is 0 Å². The van der Waals surface area contributed by atoms with Crippen LogP contribution in [0.1, 0.15) is 33.6 Å². The van der Waals surface area contributed by atoms with Crippen LogP contribution in [0.4, 0.5) is 5.69 Å². The molecule has 0 aromatic heterocycles. The minimum absolute atomic E-state index is 0.218. The standard InChI is InChI=1S/C15H23ClN2O2S/c1-15(2,3)11-6-8-18(9-7-11)21(19,20)12-4-5-14(17)13(16)10-12/h4-5,10-11H,6-9,17H2,1-3H3. The van der Waals surface area contributed by atoms with Crippen LogP contribution in [0.15, 0.2) is 23.1 Å². The minimum atomic E-state index is -3.48. The number of hydrogen-bond donors (Lipinski definition) is 1. The summed E-state index contributed by atoms with van der Waals surface area (Å²) in [7, 11) is -3.48. The molecule has 21 heavy (non-hydrogen) atoms. The topological polar surface area (TPSA) is 63.4 Å². The summed E-state index contributed by atoms with van der Waals surface area (Å²) < 4.78 is 26.8. The number of rotatable bonds is 2. The molecule has 1 aliphatic rings. The Hall–Kier alpha value is -0.780. The Morgan fingerprint density at radius 1 is 1.24 bits per heavy atom. The first-order chi connectivity index (χ1) is 9.62. The van der Waals surface area contributed by atoms with E-state index in [-0.39, 0.29) is 15.3 Å². The van der Waals surface area contributed by atoms with Crippen LogP contribution in [-0.2, 0) is 10.0 Å². The molecule has 1 heterocycles. The molecule has 1 saturated heterocycles. The van der Waals surface area contributed by atoms with Crippen molar-refractivity contribution < 1.29 is 8.42 Å². The minimum Gasteiger partial charge on any atom is -0.398 e. The molecule has 1 aromatic rings. The molecule has 1 aliphatic heterocycles. The molecule has 0 atom stereocenters. The van der Waals surface area contributed by atoms with Crippen molar-refractivity contribution in [3.63, 3.8) is 0 Å². The van der Waals surface area contributed by atoms with Crippen molar-refractivity contribution in [2.24, 2.45) is 11.3 Å². The Bertz CT molecular complexity index is 615. The number of anilines is 1. The average molecular weight is 331 g/mol. The zero-order valence-corrected chi connectivity index (χ0v) is 14.3. The lowest BCUT2D eigenvalue weighted by Crippen LogP contribution is -2.41. The summed E-state index contributed by atoms with van der Waals surface area (Å²) in [6.45, 7) is 7.75. The van der Waals surface area contributed by atoms with Gasteiger partial charge in [0.15, 0.2) is 0 Å². The number of nitrogens with zero attached hydrogens (tertiary/aromatic N) is 1. The predicted octanol–water partition coefficient (Wildman–Crippen LogP) is 3.37. The smallest absolute Gasteiger partial charge is 0.243 e. The van der Waals surface area contributed by atoms with Crippen LogP contribution in [0.25, 0.3) is 0 Å². The molecule has 0 amide bonds. The Morgan fingerprint density at radius 3 is 2.29 bits per heavy atom. The normalized spacial score (nSPS) is 18.9. The summed E-state index contributed by atoms with van der Waals surface area (Å²) in [6, 6.07) is 4.49. The van der Waals surface area contributed by atoms with Crippen LogP contribution >= 0.6 is 11.6 Å². The summed E-state index contributed by atoms with van der Waals surface area (Å²) in [5.74, 6) is 0.555. The fourth-order valence-corrected chi connectivity index (χ4v) is 4.52. The molecule has 1 aromatic carbocycles. The average Bonchev–Trinajstić information content (AvgIpc) is 2.41. The van der Waals surface area contributed by atoms with Gasteiger partial charge in [-0.2, -0.15) is 4.31 Å². The number of hydrogen-bond acceptors (Lipinski definition) is 3. The van der Waals surface area contributed by atoms with Gasteiger partial charge in [-0.25, -0.2) is 8.42 Å². The Kier molecular flexibility index (Phi) is 4.57. The predicted molar refractivity (Wildman–Crippen MR) is 86.8 cm³/mol. The Morgan fingerprint density at radius 2 is 1.81 bits per heavy atom. The van der Waals surface area contributed by atoms with Crippen LogP contribution < -0.4 is 5.73 Å². The SMILES string of the molecule is CC(C)(C)C1CCN(S(=O)(=O)c2ccc(N)c(Cl)c2)CC1. The van der Waals surface area contributed by atoms with E-state index in [1.54, 1.807) is 4.31 Å². The van der Waals surface area contributed by atoms with Gasteiger partial charge in [0.2, 0.25) is 10.0 Å². The fourth-order valence-electron chi connectivity index (χ4n) is 2.78. The van der Waals surface area contributed by atoms with Gasteiger partial charge in [0.1, 0.15) is 0 Å². The largest absolute Gasteiger partial charge is 0.398 e. The van der Waals surface area contributed by atoms with Crippen LogP contribution in [0.2, 0.25) is 5.02 Å². The molecular weight excluding hydrogens is 308 g/mol. The number of piperidine rings is 1. The van der Waals surface area contributed by atoms with Crippen LogP contribution in [0.5, 0.6) is 0 Å². The van der Waals surface area contributed by atoms with Crippen LogP contribution in [-0.4, -0.2) is 25.8 Å². The molecule has 0 aliphatic carbocycles. The van der Waals surface area contributed by atoms with Crippen molar-refractivity contribution in [3.8, 4) is 0 Å². The van der Waals surface area contributed by atoms with Gasteiger partial charge in [-0.1, -0.05) is 32.4 Å². The van der Waals surface area contributed by atoms with Gasteiger partial charge in [-0.15, -0.1) is 0 Å². The van der Waals surface area contributed by atoms with Crippen molar-refractivity contribution in [3.05, 3.63) is 23.2 Å². The summed E-state index contributed by atoms with van der Waals surface area (Å²) in [4.78, 5) is 0.218. The van der Waals surface area contributed by atoms with Crippen molar-refractivity contribution in [2.45, 2.75) is 38.5 Å². The van der Waals surface area contributed by atoms with E-state index >= 15 is 0 Å². The summed E-state index contributed by atoms with van der Waals surface area (Å²) in [5, 5.41) is 0.278. The lowest BCUT2D eigenvalue weighted by molar-refractivity contribution is 0.154. The highest BCUT2D eigenvalue weighted by Crippen LogP contribution is 2.36. The van der Waals surface area contributed by atoms with E-state index in [9.17, 15) is 8.42 Å². The molecule has 0 unspecified atom stereocenters. The summed E-state index contributed by atoms with van der Waals surface area (Å²) >= 11 is 5.93. The van der Waals surface area contributed by atoms with Crippen molar-refractivity contribution in [1.29, 1.82) is 0 Å². The summed E-state index contributed by atoms with van der Waals surface area (Å²) in [5.41, 5.74) is 6.25. The maximum absolute atomic E-state index is 12.6. The van der Waals surface area contributed by atoms with Gasteiger partial charge in [0, 0.05) is 13.1 Å². The van der Waals surface area contributed by atoms with Crippen LogP contribution in [0, 0.1) is 11.3 Å². The van der Waals surface area contributed by atoms with E-state index in [2.05, 4.69) is 20.8 Å². The quantitative estimate of drug-likeness (QED) is 0.845. The number of sulfonamides is 1. The number of benzene rings is 1. The molecule has 118 valence electrons. The second-order valence-electron chi connectivity index (χ2n) is 6.73. The third kappa shape index (κ3) is 3.52. The van der Waals surface area contributed by atoms with Crippen molar-refractivity contribution in [2.75, 3.05) is 18.8 Å². The summed E-state index contributed by atoms with van der Waals surface area (Å²) in [6.07, 6.45) is 1.79. The van der Waals surface area contributed by atoms with Crippen LogP contribution in [0.3, 0.4) is 0 Å². The van der Waals surface area contributed by atoms with E-state index < -0.39 is 10.0 Å². The first-order valence-corrected chi connectivity index (χ1v) is 8.99. The van der Waals surface area contributed by atoms with Crippen molar-refractivity contribution in [1.82, 2.24) is 4.31 Å². The highest BCUT2D eigenvalue weighted by Gasteiger charge is 2.34. The second-order valence-corrected chi connectivity index (χ2v) is 9.07. The maximum Gasteiger partial charge on any atom is 0.243 e. The number of nitrogen functional groups attached to an aromatic ring is 1. The lowest BCUT2D eigenvalue weighted by atomic mass is 9.76. The zero-order chi connectivity index (χ0) is 15.8. The second kappa shape index (κ2) is 5.78. The lowest BCUT2D eigenvalue weighted by Gasteiger charge is -2.38. The molecule has 2 rings (SSSR count). The van der Waals surface area contributed by atoms with Gasteiger partial charge in [0.25, 0.3) is 0 Å². The molecule has 0 bridgehead atoms. The maximum atomic E-state index is 12.6. The monoisotopic (exact) mass is 330 g/mol. The number of nitrogens with two attached hydrogens (primary N) is 1. The molecule has 0 radical (unpaired) electrons. The van der Waals surface area contributed by atoms with Gasteiger partial charge in [-0.3, -0.25) is 0 Å². The van der Waals surface area contributed by atoms with E-state index in [1.807, 2.05) is 0 Å². The van der Waals surface area contributed by atoms with Gasteiger partial charge in [-0.05, 0) is 42.4 Å². The first-order valence-electron chi connectivity index (χ1n) is 7.17. The van der Waals surface area contributed by atoms with E-state index in [4.69, 9.17) is 17.3 Å². The van der Waals surface area contributed by atoms with Crippen molar-refractivity contribution >= 4 is 27.3 Å². The number of halogens is 1. The highest BCUT2D eigenvalue weighted by atomic mass is 35.5. The Labute approximate surface area is 132 Å². The van der Waals surface area contributed by atoms with E-state index in [0.29, 0.717) is 24.7 Å². The third-order valence-electron chi connectivity index (χ3n) is 4.29. The molecular formula is C15H23ClN2O2S. The molecule has 1 fully saturated rings. The highest BCUT2D eigenvalue weighted by molar-refractivity contribution is 7.89. The third-order valence-corrected chi connectivity index (χ3v) is 6.51. The molecule has 6 heteroatoms. The molecule has 4 nitrogen and oxygen atoms in total. The molecule has 2 N–H and O–H groups in total. The molecule has 0 saturated carbocycles.